The fourth-order valence-electron chi connectivity index (χ4n) is 3.11. The highest BCUT2D eigenvalue weighted by Gasteiger charge is 2.24. The van der Waals surface area contributed by atoms with E-state index in [1.165, 1.54) is 11.1 Å². The third kappa shape index (κ3) is 2.63. The van der Waals surface area contributed by atoms with E-state index in [2.05, 4.69) is 22.5 Å². The highest BCUT2D eigenvalue weighted by Crippen LogP contribution is 2.30. The number of rotatable bonds is 3. The van der Waals surface area contributed by atoms with Crippen LogP contribution >= 0.6 is 0 Å². The van der Waals surface area contributed by atoms with Gasteiger partial charge in [-0.3, -0.25) is 4.79 Å². The molecule has 4 nitrogen and oxygen atoms in total. The van der Waals surface area contributed by atoms with E-state index in [1.54, 1.807) is 17.1 Å². The van der Waals surface area contributed by atoms with Crippen molar-refractivity contribution < 1.29 is 4.79 Å². The van der Waals surface area contributed by atoms with E-state index in [0.29, 0.717) is 5.56 Å². The average Bonchev–Trinajstić information content (AvgIpc) is 3.24. The van der Waals surface area contributed by atoms with E-state index in [-0.39, 0.29) is 11.9 Å². The number of aryl methyl sites for hydroxylation is 1. The van der Waals surface area contributed by atoms with Gasteiger partial charge >= 0.3 is 0 Å². The number of hydrogen-bond acceptors (Lipinski definition) is 2. The lowest BCUT2D eigenvalue weighted by atomic mass is 10.1. The number of amides is 1. The molecule has 4 heteroatoms. The van der Waals surface area contributed by atoms with Crippen molar-refractivity contribution in [2.75, 3.05) is 0 Å². The Morgan fingerprint density at radius 2 is 1.87 bits per heavy atom. The molecular weight excluding hydrogens is 286 g/mol. The lowest BCUT2D eigenvalue weighted by Crippen LogP contribution is -2.26. The molecule has 1 heterocycles. The molecule has 0 aliphatic heterocycles. The normalized spacial score (nSPS) is 16.1. The molecular formula is C19H17N3O. The summed E-state index contributed by atoms with van der Waals surface area (Å²) < 4.78 is 1.72. The first-order valence-electron chi connectivity index (χ1n) is 7.80. The molecule has 1 aliphatic carbocycles. The number of carbonyl (C=O) groups excluding carboxylic acids is 1. The monoisotopic (exact) mass is 303 g/mol. The minimum atomic E-state index is -0.0751. The first-order chi connectivity index (χ1) is 11.3. The Labute approximate surface area is 134 Å². The Balaban J connectivity index is 1.52. The van der Waals surface area contributed by atoms with Crippen LogP contribution in [0.25, 0.3) is 5.69 Å². The highest BCUT2D eigenvalue weighted by atomic mass is 16.1. The molecule has 1 unspecified atom stereocenters. The van der Waals surface area contributed by atoms with Crippen LogP contribution in [-0.4, -0.2) is 15.7 Å². The second kappa shape index (κ2) is 5.72. The Morgan fingerprint density at radius 1 is 1.09 bits per heavy atom. The Hall–Kier alpha value is -2.88. The Kier molecular flexibility index (Phi) is 3.42. The predicted octanol–water partition coefficient (Wildman–Crippen LogP) is 3.29. The van der Waals surface area contributed by atoms with Crippen molar-refractivity contribution in [1.82, 2.24) is 15.1 Å². The molecule has 1 aromatic heterocycles. The summed E-state index contributed by atoms with van der Waals surface area (Å²) in [5.41, 5.74) is 4.09. The van der Waals surface area contributed by atoms with Gasteiger partial charge < -0.3 is 5.32 Å². The third-order valence-corrected chi connectivity index (χ3v) is 4.30. The summed E-state index contributed by atoms with van der Waals surface area (Å²) >= 11 is 0. The highest BCUT2D eigenvalue weighted by molar-refractivity contribution is 5.94. The maximum atomic E-state index is 12.5. The summed E-state index contributed by atoms with van der Waals surface area (Å²) in [6.07, 6.45) is 5.36. The summed E-state index contributed by atoms with van der Waals surface area (Å²) in [4.78, 5) is 12.5. The average molecular weight is 303 g/mol. The van der Waals surface area contributed by atoms with E-state index in [1.807, 2.05) is 42.5 Å². The third-order valence-electron chi connectivity index (χ3n) is 4.30. The van der Waals surface area contributed by atoms with Crippen molar-refractivity contribution in [3.05, 3.63) is 83.7 Å². The molecule has 0 spiro atoms. The van der Waals surface area contributed by atoms with Gasteiger partial charge in [-0.15, -0.1) is 0 Å². The molecule has 1 amide bonds. The summed E-state index contributed by atoms with van der Waals surface area (Å²) in [6, 6.07) is 18.2. The van der Waals surface area contributed by atoms with Crippen LogP contribution in [-0.2, 0) is 6.42 Å². The van der Waals surface area contributed by atoms with Crippen molar-refractivity contribution in [1.29, 1.82) is 0 Å². The van der Waals surface area contributed by atoms with Crippen molar-refractivity contribution in [2.45, 2.75) is 18.9 Å². The van der Waals surface area contributed by atoms with Crippen molar-refractivity contribution in [2.24, 2.45) is 0 Å². The van der Waals surface area contributed by atoms with Crippen molar-refractivity contribution >= 4 is 5.91 Å². The van der Waals surface area contributed by atoms with Gasteiger partial charge in [0.25, 0.3) is 5.91 Å². The summed E-state index contributed by atoms with van der Waals surface area (Å²) in [7, 11) is 0. The van der Waals surface area contributed by atoms with Gasteiger partial charge in [-0.05, 0) is 36.1 Å². The molecule has 1 N–H and O–H groups in total. The zero-order valence-electron chi connectivity index (χ0n) is 12.6. The van der Waals surface area contributed by atoms with Crippen LogP contribution in [0.5, 0.6) is 0 Å². The second-order valence-corrected chi connectivity index (χ2v) is 5.77. The maximum Gasteiger partial charge on any atom is 0.254 e. The van der Waals surface area contributed by atoms with Crippen LogP contribution in [0.1, 0.15) is 33.9 Å². The number of nitrogens with one attached hydrogen (secondary N) is 1. The number of carbonyl (C=O) groups is 1. The molecule has 0 bridgehead atoms. The number of hydrogen-bond donors (Lipinski definition) is 1. The quantitative estimate of drug-likeness (QED) is 0.807. The van der Waals surface area contributed by atoms with Gasteiger partial charge in [0.1, 0.15) is 0 Å². The van der Waals surface area contributed by atoms with Crippen LogP contribution in [0, 0.1) is 0 Å². The van der Waals surface area contributed by atoms with Crippen LogP contribution in [0.3, 0.4) is 0 Å². The number of nitrogens with zero attached hydrogens (tertiary/aromatic N) is 2. The summed E-state index contributed by atoms with van der Waals surface area (Å²) in [5, 5.41) is 7.41. The van der Waals surface area contributed by atoms with Crippen molar-refractivity contribution in [3.63, 3.8) is 0 Å². The molecule has 23 heavy (non-hydrogen) atoms. The number of aromatic nitrogens is 2. The SMILES string of the molecule is O=C(NC1CCc2ccccc21)c1cnn(-c2ccccc2)c1. The summed E-state index contributed by atoms with van der Waals surface area (Å²) in [6.45, 7) is 0. The zero-order chi connectivity index (χ0) is 15.6. The fraction of sp³-hybridized carbons (Fsp3) is 0.158. The fourth-order valence-corrected chi connectivity index (χ4v) is 3.11. The number of para-hydroxylation sites is 1. The minimum absolute atomic E-state index is 0.0751. The van der Waals surface area contributed by atoms with Gasteiger partial charge in [0.05, 0.1) is 23.5 Å². The maximum absolute atomic E-state index is 12.5. The lowest BCUT2D eigenvalue weighted by Gasteiger charge is -2.13. The van der Waals surface area contributed by atoms with Gasteiger partial charge in [-0.1, -0.05) is 42.5 Å². The molecule has 1 atom stereocenters. The number of benzene rings is 2. The molecule has 0 radical (unpaired) electrons. The van der Waals surface area contributed by atoms with Gasteiger partial charge in [-0.2, -0.15) is 5.10 Å². The minimum Gasteiger partial charge on any atom is -0.345 e. The largest absolute Gasteiger partial charge is 0.345 e. The number of fused-ring (bicyclic) bond motifs is 1. The van der Waals surface area contributed by atoms with Crippen molar-refractivity contribution in [3.8, 4) is 5.69 Å². The Morgan fingerprint density at radius 3 is 2.74 bits per heavy atom. The van der Waals surface area contributed by atoms with Crippen LogP contribution < -0.4 is 5.32 Å². The van der Waals surface area contributed by atoms with E-state index in [0.717, 1.165) is 18.5 Å². The molecule has 0 saturated heterocycles. The van der Waals surface area contributed by atoms with Gasteiger partial charge in [0, 0.05) is 6.20 Å². The van der Waals surface area contributed by atoms with Gasteiger partial charge in [-0.25, -0.2) is 4.68 Å². The first-order valence-corrected chi connectivity index (χ1v) is 7.80. The van der Waals surface area contributed by atoms with Gasteiger partial charge in [0.2, 0.25) is 0 Å². The first kappa shape index (κ1) is 13.8. The van der Waals surface area contributed by atoms with E-state index < -0.39 is 0 Å². The topological polar surface area (TPSA) is 46.9 Å². The second-order valence-electron chi connectivity index (χ2n) is 5.77. The lowest BCUT2D eigenvalue weighted by molar-refractivity contribution is 0.0936. The zero-order valence-corrected chi connectivity index (χ0v) is 12.6. The van der Waals surface area contributed by atoms with Crippen LogP contribution in [0.2, 0.25) is 0 Å². The molecule has 0 fully saturated rings. The molecule has 0 saturated carbocycles. The molecule has 2 aromatic carbocycles. The molecule has 3 aromatic rings. The summed E-state index contributed by atoms with van der Waals surface area (Å²) in [5.74, 6) is -0.0751. The molecule has 4 rings (SSSR count). The molecule has 1 aliphatic rings. The van der Waals surface area contributed by atoms with Crippen LogP contribution in [0.4, 0.5) is 0 Å². The van der Waals surface area contributed by atoms with E-state index >= 15 is 0 Å². The van der Waals surface area contributed by atoms with Crippen LogP contribution in [0.15, 0.2) is 67.0 Å². The predicted molar refractivity (Wildman–Crippen MR) is 88.5 cm³/mol. The Bertz CT molecular complexity index is 839. The van der Waals surface area contributed by atoms with Gasteiger partial charge in [0.15, 0.2) is 0 Å². The standard InChI is InChI=1S/C19H17N3O/c23-19(21-18-11-10-14-6-4-5-9-17(14)18)15-12-20-22(13-15)16-7-2-1-3-8-16/h1-9,12-13,18H,10-11H2,(H,21,23). The van der Waals surface area contributed by atoms with E-state index in [9.17, 15) is 4.79 Å². The molecule has 114 valence electrons. The smallest absolute Gasteiger partial charge is 0.254 e. The van der Waals surface area contributed by atoms with E-state index in [4.69, 9.17) is 0 Å².